The smallest absolute Gasteiger partial charge is 0.243 e. The van der Waals surface area contributed by atoms with Crippen LogP contribution in [0.4, 0.5) is 0 Å². The van der Waals surface area contributed by atoms with Crippen LogP contribution in [0.3, 0.4) is 0 Å². The quantitative estimate of drug-likeness (QED) is 0.392. The van der Waals surface area contributed by atoms with Crippen molar-refractivity contribution in [2.45, 2.75) is 20.8 Å². The third kappa shape index (κ3) is 16.8. The van der Waals surface area contributed by atoms with Crippen molar-refractivity contribution in [2.24, 2.45) is 0 Å². The molecular weight excluding hydrogens is 422 g/mol. The molecule has 0 atom stereocenters. The van der Waals surface area contributed by atoms with Gasteiger partial charge in [-0.05, 0) is 6.08 Å². The van der Waals surface area contributed by atoms with Crippen molar-refractivity contribution in [3.63, 3.8) is 0 Å². The van der Waals surface area contributed by atoms with Gasteiger partial charge in [-0.2, -0.15) is 0 Å². The summed E-state index contributed by atoms with van der Waals surface area (Å²) in [6, 6.07) is 0. The van der Waals surface area contributed by atoms with Gasteiger partial charge in [0.25, 0.3) is 0 Å². The van der Waals surface area contributed by atoms with Crippen LogP contribution >= 0.6 is 37.2 Å². The first kappa shape index (κ1) is 20.5. The monoisotopic (exact) mass is 440 g/mol. The first-order valence-corrected chi connectivity index (χ1v) is 10.3. The van der Waals surface area contributed by atoms with Crippen LogP contribution in [0.15, 0.2) is 12.7 Å². The van der Waals surface area contributed by atoms with Crippen LogP contribution in [0, 0.1) is 0 Å². The number of nitrogens with one attached hydrogen (secondary N) is 2. The molecule has 0 fully saturated rings. The molecule has 0 aromatic carbocycles. The van der Waals surface area contributed by atoms with Crippen molar-refractivity contribution < 1.29 is 9.59 Å². The van der Waals surface area contributed by atoms with E-state index in [4.69, 9.17) is 0 Å². The summed E-state index contributed by atoms with van der Waals surface area (Å²) in [6.07, 6.45) is 1.66. The van der Waals surface area contributed by atoms with Gasteiger partial charge in [-0.3, -0.25) is 9.59 Å². The van der Waals surface area contributed by atoms with E-state index in [0.29, 0.717) is 19.5 Å². The maximum Gasteiger partial charge on any atom is 0.243 e. The fourth-order valence-electron chi connectivity index (χ4n) is 0.585. The lowest BCUT2D eigenvalue weighted by Gasteiger charge is -2.03. The molecule has 0 aliphatic rings. The second-order valence-corrected chi connectivity index (χ2v) is 2.20. The van der Waals surface area contributed by atoms with Crippen LogP contribution < -0.4 is 10.6 Å². The molecule has 4 nitrogen and oxygen atoms in total. The summed E-state index contributed by atoms with van der Waals surface area (Å²) in [5.41, 5.74) is 0. The highest BCUT2D eigenvalue weighted by Gasteiger charge is 1.95. The van der Waals surface area contributed by atoms with Gasteiger partial charge in [0.05, 0.1) is 0 Å². The third-order valence-electron chi connectivity index (χ3n) is 1.25. The van der Waals surface area contributed by atoms with E-state index in [1.807, 2.05) is 0 Å². The van der Waals surface area contributed by atoms with Gasteiger partial charge in [-0.25, -0.2) is 0 Å². The molecular formula is C9H18I2N2O2. The van der Waals surface area contributed by atoms with Gasteiger partial charge in [0, 0.05) is 56.7 Å². The first-order chi connectivity index (χ1) is 6.70. The standard InChI is InChI=1S/C8H14N2O2.CH4.I2/c1-3-7(11)9-5-6-10-8(12)4-2;;1-2/h3H,1,4-6H2,2H3,(H,9,11)(H,10,12);1H4;. The number of hydrogen-bond donors (Lipinski definition) is 2. The number of rotatable bonds is 5. The second kappa shape index (κ2) is 16.6. The molecule has 0 aliphatic carbocycles. The van der Waals surface area contributed by atoms with Crippen molar-refractivity contribution in [1.29, 1.82) is 0 Å². The largest absolute Gasteiger partial charge is 0.354 e. The van der Waals surface area contributed by atoms with Crippen LogP contribution in [0.2, 0.25) is 0 Å². The Morgan fingerprint density at radius 2 is 1.73 bits per heavy atom. The van der Waals surface area contributed by atoms with Crippen molar-refractivity contribution in [3.8, 4) is 0 Å². The maximum atomic E-state index is 10.7. The molecule has 0 saturated carbocycles. The Labute approximate surface area is 115 Å². The zero-order valence-electron chi connectivity index (χ0n) is 7.98. The Balaban J connectivity index is -0.000000449. The lowest BCUT2D eigenvalue weighted by molar-refractivity contribution is -0.121. The minimum absolute atomic E-state index is 0. The lowest BCUT2D eigenvalue weighted by Crippen LogP contribution is -2.33. The number of amides is 2. The number of carbonyl (C=O) groups is 2. The third-order valence-corrected chi connectivity index (χ3v) is 1.25. The molecule has 0 aromatic rings. The molecule has 0 spiro atoms. The first-order valence-electron chi connectivity index (χ1n) is 4.02. The van der Waals surface area contributed by atoms with E-state index in [1.54, 1.807) is 6.92 Å². The lowest BCUT2D eigenvalue weighted by atomic mass is 10.4. The van der Waals surface area contributed by atoms with Crippen LogP contribution in [-0.4, -0.2) is 24.9 Å². The average molecular weight is 440 g/mol. The Bertz CT molecular complexity index is 187. The van der Waals surface area contributed by atoms with Crippen molar-refractivity contribution >= 4 is 49.0 Å². The molecule has 0 aromatic heterocycles. The number of halogens is 2. The van der Waals surface area contributed by atoms with Gasteiger partial charge in [0.1, 0.15) is 0 Å². The van der Waals surface area contributed by atoms with Gasteiger partial charge >= 0.3 is 0 Å². The summed E-state index contributed by atoms with van der Waals surface area (Å²) in [5.74, 6) is -0.233. The van der Waals surface area contributed by atoms with E-state index in [-0.39, 0.29) is 19.2 Å². The molecule has 6 heteroatoms. The van der Waals surface area contributed by atoms with E-state index < -0.39 is 0 Å². The Hall–Kier alpha value is 0.140. The number of hydrogen-bond acceptors (Lipinski definition) is 2. The predicted octanol–water partition coefficient (Wildman–Crippen LogP) is 2.22. The topological polar surface area (TPSA) is 58.2 Å². The molecule has 2 amide bonds. The molecule has 0 bridgehead atoms. The fourth-order valence-corrected chi connectivity index (χ4v) is 0.585. The van der Waals surface area contributed by atoms with Crippen molar-refractivity contribution in [3.05, 3.63) is 12.7 Å². The summed E-state index contributed by atoms with van der Waals surface area (Å²) in [6.45, 7) is 5.97. The zero-order valence-corrected chi connectivity index (χ0v) is 12.3. The van der Waals surface area contributed by atoms with E-state index in [9.17, 15) is 9.59 Å². The molecule has 90 valence electrons. The molecule has 0 saturated heterocycles. The van der Waals surface area contributed by atoms with Crippen LogP contribution in [0.25, 0.3) is 0 Å². The van der Waals surface area contributed by atoms with E-state index in [1.165, 1.54) is 6.08 Å². The Kier molecular flexibility index (Phi) is 22.7. The molecule has 0 aliphatic heterocycles. The fraction of sp³-hybridized carbons (Fsp3) is 0.556. The van der Waals surface area contributed by atoms with Crippen molar-refractivity contribution in [2.75, 3.05) is 13.1 Å². The van der Waals surface area contributed by atoms with Gasteiger partial charge in [0.2, 0.25) is 11.8 Å². The predicted molar refractivity (Wildman–Crippen MR) is 81.3 cm³/mol. The van der Waals surface area contributed by atoms with Crippen molar-refractivity contribution in [1.82, 2.24) is 10.6 Å². The summed E-state index contributed by atoms with van der Waals surface area (Å²) in [5, 5.41) is 5.16. The number of carbonyl (C=O) groups excluding carboxylic acids is 2. The normalized spacial score (nSPS) is 7.40. The van der Waals surface area contributed by atoms with E-state index >= 15 is 0 Å². The van der Waals surface area contributed by atoms with Crippen LogP contribution in [0.5, 0.6) is 0 Å². The summed E-state index contributed by atoms with van der Waals surface area (Å²) < 4.78 is 0. The summed E-state index contributed by atoms with van der Waals surface area (Å²) in [4.78, 5) is 21.3. The van der Waals surface area contributed by atoms with E-state index in [0.717, 1.165) is 0 Å². The van der Waals surface area contributed by atoms with Gasteiger partial charge < -0.3 is 10.6 Å². The Morgan fingerprint density at radius 1 is 1.27 bits per heavy atom. The van der Waals surface area contributed by atoms with Crippen LogP contribution in [0.1, 0.15) is 20.8 Å². The van der Waals surface area contributed by atoms with Crippen LogP contribution in [-0.2, 0) is 9.59 Å². The zero-order chi connectivity index (χ0) is 11.4. The van der Waals surface area contributed by atoms with Gasteiger partial charge in [-0.1, -0.05) is 20.9 Å². The highest BCUT2D eigenvalue weighted by Crippen LogP contribution is 1.89. The minimum Gasteiger partial charge on any atom is -0.354 e. The van der Waals surface area contributed by atoms with E-state index in [2.05, 4.69) is 54.4 Å². The molecule has 0 rings (SSSR count). The second-order valence-electron chi connectivity index (χ2n) is 2.20. The van der Waals surface area contributed by atoms with Gasteiger partial charge in [-0.15, -0.1) is 0 Å². The highest BCUT2D eigenvalue weighted by atomic mass is 128. The molecule has 0 heterocycles. The molecule has 15 heavy (non-hydrogen) atoms. The SMILES string of the molecule is C.C=CC(=O)NCCNC(=O)CC.II. The molecule has 0 radical (unpaired) electrons. The average Bonchev–Trinajstić information content (AvgIpc) is 2.26. The minimum atomic E-state index is -0.222. The summed E-state index contributed by atoms with van der Waals surface area (Å²) >= 11 is 4.24. The Morgan fingerprint density at radius 3 is 2.13 bits per heavy atom. The molecule has 2 N–H and O–H groups in total. The maximum absolute atomic E-state index is 10.7. The van der Waals surface area contributed by atoms with Gasteiger partial charge in [0.15, 0.2) is 0 Å². The summed E-state index contributed by atoms with van der Waals surface area (Å²) in [7, 11) is 0. The highest BCUT2D eigenvalue weighted by molar-refractivity contribution is 15.0. The molecule has 0 unspecified atom stereocenters.